The summed E-state index contributed by atoms with van der Waals surface area (Å²) in [6, 6.07) is 24.8. The fourth-order valence-corrected chi connectivity index (χ4v) is 5.94. The van der Waals surface area contributed by atoms with Crippen molar-refractivity contribution in [3.05, 3.63) is 116 Å². The highest BCUT2D eigenvalue weighted by molar-refractivity contribution is 9.11. The van der Waals surface area contributed by atoms with Crippen LogP contribution in [0.4, 0.5) is 0 Å². The molecule has 0 aliphatic heterocycles. The quantitative estimate of drug-likeness (QED) is 0.179. The summed E-state index contributed by atoms with van der Waals surface area (Å²) >= 11 is 7.16. The zero-order chi connectivity index (χ0) is 27.4. The van der Waals surface area contributed by atoms with Gasteiger partial charge in [-0.25, -0.2) is 0 Å². The first-order valence-corrected chi connectivity index (χ1v) is 13.7. The van der Waals surface area contributed by atoms with E-state index in [0.29, 0.717) is 26.0 Å². The van der Waals surface area contributed by atoms with Crippen molar-refractivity contribution in [3.63, 3.8) is 0 Å². The van der Waals surface area contributed by atoms with Gasteiger partial charge >= 0.3 is 5.97 Å². The number of hydrogen-bond acceptors (Lipinski definition) is 4. The lowest BCUT2D eigenvalue weighted by Crippen LogP contribution is -2.08. The Morgan fingerprint density at radius 2 is 1.42 bits per heavy atom. The Kier molecular flexibility index (Phi) is 8.80. The average Bonchev–Trinajstić information content (AvgIpc) is 2.88. The van der Waals surface area contributed by atoms with E-state index in [1.165, 1.54) is 0 Å². The largest absolute Gasteiger partial charge is 0.508 e. The van der Waals surface area contributed by atoms with Crippen molar-refractivity contribution in [2.45, 2.75) is 32.1 Å². The number of carboxylic acids is 1. The minimum atomic E-state index is -0.906. The van der Waals surface area contributed by atoms with E-state index < -0.39 is 5.97 Å². The van der Waals surface area contributed by atoms with E-state index in [1.54, 1.807) is 31.4 Å². The van der Waals surface area contributed by atoms with E-state index in [2.05, 4.69) is 57.8 Å². The summed E-state index contributed by atoms with van der Waals surface area (Å²) in [6.45, 7) is 4.20. The van der Waals surface area contributed by atoms with Gasteiger partial charge in [0.05, 0.1) is 22.5 Å². The highest BCUT2D eigenvalue weighted by Crippen LogP contribution is 2.46. The number of carbonyl (C=O) groups is 1. The van der Waals surface area contributed by atoms with E-state index in [0.717, 1.165) is 28.0 Å². The van der Waals surface area contributed by atoms with Gasteiger partial charge < -0.3 is 19.7 Å². The van der Waals surface area contributed by atoms with Gasteiger partial charge in [0.2, 0.25) is 0 Å². The molecule has 7 heteroatoms. The smallest absolute Gasteiger partial charge is 0.307 e. The first-order valence-electron chi connectivity index (χ1n) is 12.1. The van der Waals surface area contributed by atoms with E-state index >= 15 is 0 Å². The molecular formula is C31H28Br2O5. The minimum Gasteiger partial charge on any atom is -0.508 e. The molecule has 0 aromatic heterocycles. The molecule has 2 N–H and O–H groups in total. The topological polar surface area (TPSA) is 76.0 Å². The van der Waals surface area contributed by atoms with Crippen LogP contribution in [0.3, 0.4) is 0 Å². The van der Waals surface area contributed by atoms with Gasteiger partial charge in [0.25, 0.3) is 0 Å². The van der Waals surface area contributed by atoms with Crippen LogP contribution in [0.2, 0.25) is 0 Å². The van der Waals surface area contributed by atoms with Crippen LogP contribution in [0.15, 0.2) is 87.8 Å². The summed E-state index contributed by atoms with van der Waals surface area (Å²) in [5, 5.41) is 19.2. The molecule has 5 nitrogen and oxygen atoms in total. The second-order valence-corrected chi connectivity index (χ2v) is 11.0. The van der Waals surface area contributed by atoms with Crippen molar-refractivity contribution in [3.8, 4) is 23.0 Å². The number of aliphatic carboxylic acids is 1. The van der Waals surface area contributed by atoms with Crippen molar-refractivity contribution in [2.75, 3.05) is 7.11 Å². The maximum absolute atomic E-state index is 11.2. The Hall–Kier alpha value is -3.29. The van der Waals surface area contributed by atoms with Gasteiger partial charge in [-0.15, -0.1) is 0 Å². The molecule has 1 atom stereocenters. The summed E-state index contributed by atoms with van der Waals surface area (Å²) in [5.41, 5.74) is 4.56. The lowest BCUT2D eigenvalue weighted by Gasteiger charge is -2.25. The van der Waals surface area contributed by atoms with Crippen LogP contribution in [-0.4, -0.2) is 23.3 Å². The minimum absolute atomic E-state index is 0.0975. The molecule has 38 heavy (non-hydrogen) atoms. The maximum Gasteiger partial charge on any atom is 0.307 e. The molecule has 0 bridgehead atoms. The first kappa shape index (κ1) is 27.7. The Labute approximate surface area is 239 Å². The summed E-state index contributed by atoms with van der Waals surface area (Å²) < 4.78 is 13.7. The van der Waals surface area contributed by atoms with E-state index in [-0.39, 0.29) is 24.0 Å². The van der Waals surface area contributed by atoms with Crippen molar-refractivity contribution in [1.82, 2.24) is 0 Å². The summed E-state index contributed by atoms with van der Waals surface area (Å²) in [5.74, 6) is 1.19. The van der Waals surface area contributed by atoms with Gasteiger partial charge in [-0.2, -0.15) is 0 Å². The monoisotopic (exact) mass is 638 g/mol. The van der Waals surface area contributed by atoms with Gasteiger partial charge in [0, 0.05) is 17.0 Å². The fraction of sp³-hybridized carbons (Fsp3) is 0.194. The molecule has 0 saturated heterocycles. The van der Waals surface area contributed by atoms with E-state index in [4.69, 9.17) is 9.47 Å². The molecular weight excluding hydrogens is 612 g/mol. The second-order valence-electron chi connectivity index (χ2n) is 9.28. The number of benzene rings is 4. The van der Waals surface area contributed by atoms with Gasteiger partial charge in [0.15, 0.2) is 5.75 Å². The van der Waals surface area contributed by atoms with Gasteiger partial charge in [-0.05, 0) is 90.9 Å². The van der Waals surface area contributed by atoms with Crippen LogP contribution in [0, 0.1) is 0 Å². The Balaban J connectivity index is 1.94. The van der Waals surface area contributed by atoms with Crippen LogP contribution in [0.25, 0.3) is 0 Å². The molecule has 4 aromatic carbocycles. The summed E-state index contributed by atoms with van der Waals surface area (Å²) in [6.07, 6.45) is -0.0975. The maximum atomic E-state index is 11.2. The molecule has 0 aliphatic rings. The summed E-state index contributed by atoms with van der Waals surface area (Å²) in [7, 11) is 1.66. The summed E-state index contributed by atoms with van der Waals surface area (Å²) in [4.78, 5) is 11.2. The van der Waals surface area contributed by atoms with Crippen LogP contribution < -0.4 is 9.47 Å². The Morgan fingerprint density at radius 1 is 0.842 bits per heavy atom. The number of phenols is 1. The predicted octanol–water partition coefficient (Wildman–Crippen LogP) is 8.65. The highest BCUT2D eigenvalue weighted by atomic mass is 79.9. The third-order valence-corrected chi connectivity index (χ3v) is 7.46. The first-order chi connectivity index (χ1) is 18.2. The van der Waals surface area contributed by atoms with Crippen molar-refractivity contribution < 1.29 is 24.5 Å². The van der Waals surface area contributed by atoms with Crippen LogP contribution in [0.5, 0.6) is 23.0 Å². The number of halogens is 2. The van der Waals surface area contributed by atoms with E-state index in [1.807, 2.05) is 42.5 Å². The number of carboxylic acid groups (broad SMARTS) is 1. The van der Waals surface area contributed by atoms with Crippen molar-refractivity contribution in [1.29, 1.82) is 0 Å². The third kappa shape index (κ3) is 6.22. The lowest BCUT2D eigenvalue weighted by atomic mass is 9.83. The molecule has 4 aromatic rings. The number of methoxy groups -OCH3 is 1. The van der Waals surface area contributed by atoms with Gasteiger partial charge in [-0.1, -0.05) is 56.3 Å². The second kappa shape index (κ2) is 12.0. The van der Waals surface area contributed by atoms with Crippen molar-refractivity contribution >= 4 is 37.8 Å². The number of phenolic OH excluding ortho intramolecular Hbond substituents is 1. The fourth-order valence-electron chi connectivity index (χ4n) is 4.49. The zero-order valence-electron chi connectivity index (χ0n) is 21.2. The SMILES string of the molecule is COc1cc(C(c2ccccc2)c2ccc(O)cc2)c(Oc2c(Br)cc(CC(=O)O)cc2Br)cc1C(C)C. The number of ether oxygens (including phenoxy) is 2. The van der Waals surface area contributed by atoms with Crippen LogP contribution in [0.1, 0.15) is 53.5 Å². The average molecular weight is 640 g/mol. The number of hydrogen-bond donors (Lipinski definition) is 2. The molecule has 0 fully saturated rings. The van der Waals surface area contributed by atoms with E-state index in [9.17, 15) is 15.0 Å². The normalized spacial score (nSPS) is 11.8. The predicted molar refractivity (Wildman–Crippen MR) is 156 cm³/mol. The Bertz CT molecular complexity index is 1410. The third-order valence-electron chi connectivity index (χ3n) is 6.28. The standard InChI is InChI=1S/C31H28Br2O5/c1-18(2)23-16-28(38-31-25(32)13-19(14-26(31)33)15-29(35)36)24(17-27(23)37-3)30(20-7-5-4-6-8-20)21-9-11-22(34)12-10-21/h4-14,16-18,30,34H,15H2,1-3H3,(H,35,36). The van der Waals surface area contributed by atoms with Crippen LogP contribution >= 0.6 is 31.9 Å². The van der Waals surface area contributed by atoms with Crippen molar-refractivity contribution in [2.24, 2.45) is 0 Å². The lowest BCUT2D eigenvalue weighted by molar-refractivity contribution is -0.136. The molecule has 0 spiro atoms. The number of aromatic hydroxyl groups is 1. The van der Waals surface area contributed by atoms with Crippen LogP contribution in [-0.2, 0) is 11.2 Å². The molecule has 4 rings (SSSR count). The van der Waals surface area contributed by atoms with Gasteiger partial charge in [-0.3, -0.25) is 4.79 Å². The highest BCUT2D eigenvalue weighted by Gasteiger charge is 2.25. The van der Waals surface area contributed by atoms with Gasteiger partial charge in [0.1, 0.15) is 17.2 Å². The molecule has 0 saturated carbocycles. The molecule has 196 valence electrons. The molecule has 0 amide bonds. The molecule has 1 unspecified atom stereocenters. The zero-order valence-corrected chi connectivity index (χ0v) is 24.4. The molecule has 0 heterocycles. The molecule has 0 aliphatic carbocycles. The molecule has 0 radical (unpaired) electrons. The Morgan fingerprint density at radius 3 is 1.97 bits per heavy atom. The number of rotatable bonds is 9.